The number of pyridine rings is 1. The van der Waals surface area contributed by atoms with E-state index in [1.165, 1.54) is 6.07 Å². The van der Waals surface area contributed by atoms with Gasteiger partial charge in [0, 0.05) is 12.6 Å². The minimum absolute atomic E-state index is 0.0284. The third-order valence-electron chi connectivity index (χ3n) is 4.14. The fourth-order valence-electron chi connectivity index (χ4n) is 2.87. The van der Waals surface area contributed by atoms with Crippen LogP contribution in [0.4, 0.5) is 24.7 Å². The minimum Gasteiger partial charge on any atom is -0.388 e. The minimum atomic E-state index is -4.31. The summed E-state index contributed by atoms with van der Waals surface area (Å²) in [5.74, 6) is -1.19. The number of nitrogens with one attached hydrogen (secondary N) is 1. The first kappa shape index (κ1) is 17.5. The van der Waals surface area contributed by atoms with Crippen molar-refractivity contribution in [2.24, 2.45) is 5.92 Å². The molecule has 6 nitrogen and oxygen atoms in total. The number of aromatic nitrogens is 1. The summed E-state index contributed by atoms with van der Waals surface area (Å²) in [7, 11) is 0. The Morgan fingerprint density at radius 1 is 1.57 bits per heavy atom. The third kappa shape index (κ3) is 4.31. The zero-order valence-corrected chi connectivity index (χ0v) is 12.6. The van der Waals surface area contributed by atoms with Crippen molar-refractivity contribution < 1.29 is 23.2 Å². The Balaban J connectivity index is 2.03. The number of aliphatic hydroxyl groups is 1. The fraction of sp³-hybridized carbons (Fsp3) is 0.643. The fourth-order valence-corrected chi connectivity index (χ4v) is 2.87. The number of hydrogen-bond acceptors (Lipinski definition) is 5. The second-order valence-electron chi connectivity index (χ2n) is 6.03. The van der Waals surface area contributed by atoms with Gasteiger partial charge in [-0.05, 0) is 38.2 Å². The first-order valence-corrected chi connectivity index (χ1v) is 7.25. The average Bonchev–Trinajstić information content (AvgIpc) is 2.45. The predicted octanol–water partition coefficient (Wildman–Crippen LogP) is 3.19. The van der Waals surface area contributed by atoms with E-state index in [-0.39, 0.29) is 31.5 Å². The van der Waals surface area contributed by atoms with E-state index >= 15 is 0 Å². The summed E-state index contributed by atoms with van der Waals surface area (Å²) in [6.07, 6.45) is -2.99. The van der Waals surface area contributed by atoms with Crippen LogP contribution in [0.3, 0.4) is 0 Å². The van der Waals surface area contributed by atoms with Gasteiger partial charge in [-0.1, -0.05) is 0 Å². The molecule has 1 heterocycles. The van der Waals surface area contributed by atoms with Crippen molar-refractivity contribution in [3.63, 3.8) is 0 Å². The summed E-state index contributed by atoms with van der Waals surface area (Å²) in [5, 5.41) is 23.9. The van der Waals surface area contributed by atoms with Gasteiger partial charge in [-0.2, -0.15) is 13.2 Å². The Kier molecular flexibility index (Phi) is 4.79. The molecule has 0 amide bonds. The average molecular weight is 333 g/mol. The molecule has 0 bridgehead atoms. The van der Waals surface area contributed by atoms with Gasteiger partial charge in [0.05, 0.1) is 16.4 Å². The number of alkyl halides is 3. The quantitative estimate of drug-likeness (QED) is 0.652. The van der Waals surface area contributed by atoms with Crippen LogP contribution in [0.5, 0.6) is 0 Å². The smallest absolute Gasteiger partial charge is 0.388 e. The van der Waals surface area contributed by atoms with Gasteiger partial charge >= 0.3 is 6.18 Å². The van der Waals surface area contributed by atoms with E-state index in [1.807, 2.05) is 0 Å². The van der Waals surface area contributed by atoms with E-state index in [0.29, 0.717) is 17.8 Å². The lowest BCUT2D eigenvalue weighted by Gasteiger charge is -2.37. The monoisotopic (exact) mass is 333 g/mol. The van der Waals surface area contributed by atoms with Crippen molar-refractivity contribution in [1.82, 2.24) is 4.98 Å². The van der Waals surface area contributed by atoms with Crippen molar-refractivity contribution in [3.05, 3.63) is 27.9 Å². The largest absolute Gasteiger partial charge is 0.391 e. The summed E-state index contributed by atoms with van der Waals surface area (Å²) >= 11 is 0. The van der Waals surface area contributed by atoms with Crippen LogP contribution in [-0.2, 0) is 0 Å². The Morgan fingerprint density at radius 2 is 2.26 bits per heavy atom. The zero-order chi connectivity index (χ0) is 17.3. The molecule has 0 radical (unpaired) electrons. The Hall–Kier alpha value is -1.90. The Morgan fingerprint density at radius 3 is 2.83 bits per heavy atom. The van der Waals surface area contributed by atoms with Gasteiger partial charge in [-0.25, -0.2) is 4.98 Å². The highest BCUT2D eigenvalue weighted by Crippen LogP contribution is 2.41. The summed E-state index contributed by atoms with van der Waals surface area (Å²) in [6.45, 7) is 1.52. The maximum Gasteiger partial charge on any atom is 0.391 e. The van der Waals surface area contributed by atoms with E-state index in [1.54, 1.807) is 6.92 Å². The highest BCUT2D eigenvalue weighted by Gasteiger charge is 2.46. The highest BCUT2D eigenvalue weighted by atomic mass is 19.4. The second-order valence-corrected chi connectivity index (χ2v) is 6.03. The highest BCUT2D eigenvalue weighted by molar-refractivity contribution is 5.48. The first-order chi connectivity index (χ1) is 10.6. The third-order valence-corrected chi connectivity index (χ3v) is 4.14. The van der Waals surface area contributed by atoms with Crippen LogP contribution in [-0.4, -0.2) is 33.3 Å². The Bertz CT molecular complexity index is 594. The van der Waals surface area contributed by atoms with Crippen molar-refractivity contribution in [2.75, 3.05) is 11.9 Å². The molecule has 2 rings (SSSR count). The second kappa shape index (κ2) is 6.31. The van der Waals surface area contributed by atoms with Crippen LogP contribution in [0.2, 0.25) is 0 Å². The molecule has 0 aromatic carbocycles. The van der Waals surface area contributed by atoms with E-state index in [9.17, 15) is 28.4 Å². The van der Waals surface area contributed by atoms with Crippen LogP contribution < -0.4 is 5.32 Å². The lowest BCUT2D eigenvalue weighted by atomic mass is 9.77. The molecular weight excluding hydrogens is 315 g/mol. The summed E-state index contributed by atoms with van der Waals surface area (Å²) in [4.78, 5) is 14.0. The molecule has 128 valence electrons. The van der Waals surface area contributed by atoms with Crippen molar-refractivity contribution >= 4 is 11.5 Å². The van der Waals surface area contributed by atoms with E-state index in [4.69, 9.17) is 0 Å². The number of halogens is 3. The van der Waals surface area contributed by atoms with Gasteiger partial charge in [0.1, 0.15) is 12.0 Å². The number of nitro groups is 1. The van der Waals surface area contributed by atoms with Gasteiger partial charge in [0.25, 0.3) is 5.69 Å². The summed E-state index contributed by atoms with van der Waals surface area (Å²) in [5.41, 5.74) is -1.14. The van der Waals surface area contributed by atoms with E-state index < -0.39 is 22.6 Å². The van der Waals surface area contributed by atoms with Crippen LogP contribution in [0, 0.1) is 23.0 Å². The van der Waals surface area contributed by atoms with Gasteiger partial charge in [-0.15, -0.1) is 0 Å². The molecule has 9 heteroatoms. The molecule has 0 saturated heterocycles. The molecule has 1 fully saturated rings. The molecule has 23 heavy (non-hydrogen) atoms. The SMILES string of the molecule is Cc1cc([N+](=O)[O-])cnc1NCC1(O)CCCC(C(F)(F)F)C1. The first-order valence-electron chi connectivity index (χ1n) is 7.25. The van der Waals surface area contributed by atoms with Crippen LogP contribution in [0.15, 0.2) is 12.3 Å². The molecule has 2 unspecified atom stereocenters. The molecule has 1 aliphatic rings. The molecular formula is C14H18F3N3O3. The molecule has 0 spiro atoms. The Labute approximate surface area is 130 Å². The maximum absolute atomic E-state index is 12.8. The number of hydrogen-bond donors (Lipinski definition) is 2. The molecule has 2 N–H and O–H groups in total. The van der Waals surface area contributed by atoms with Gasteiger partial charge in [0.2, 0.25) is 0 Å². The number of nitrogens with zero attached hydrogens (tertiary/aromatic N) is 2. The normalized spacial score (nSPS) is 25.2. The van der Waals surface area contributed by atoms with Crippen LogP contribution in [0.1, 0.15) is 31.2 Å². The molecule has 1 saturated carbocycles. The van der Waals surface area contributed by atoms with Crippen LogP contribution in [0.25, 0.3) is 0 Å². The zero-order valence-electron chi connectivity index (χ0n) is 12.6. The van der Waals surface area contributed by atoms with E-state index in [0.717, 1.165) is 6.20 Å². The standard InChI is InChI=1S/C14H18F3N3O3/c1-9-5-11(20(22)23)7-18-12(9)19-8-13(21)4-2-3-10(6-13)14(15,16)17/h5,7,10,21H,2-4,6,8H2,1H3,(H,18,19). The van der Waals surface area contributed by atoms with Gasteiger partial charge in [0.15, 0.2) is 0 Å². The number of aryl methyl sites for hydroxylation is 1. The molecule has 1 aromatic rings. The lowest BCUT2D eigenvalue weighted by Crippen LogP contribution is -2.45. The topological polar surface area (TPSA) is 88.3 Å². The van der Waals surface area contributed by atoms with Crippen molar-refractivity contribution in [1.29, 1.82) is 0 Å². The van der Waals surface area contributed by atoms with Crippen LogP contribution >= 0.6 is 0 Å². The number of rotatable bonds is 4. The van der Waals surface area contributed by atoms with Crippen molar-refractivity contribution in [2.45, 2.75) is 44.4 Å². The van der Waals surface area contributed by atoms with Crippen molar-refractivity contribution in [3.8, 4) is 0 Å². The molecule has 1 aliphatic carbocycles. The lowest BCUT2D eigenvalue weighted by molar-refractivity contribution is -0.385. The van der Waals surface area contributed by atoms with E-state index in [2.05, 4.69) is 10.3 Å². The summed E-state index contributed by atoms with van der Waals surface area (Å²) in [6, 6.07) is 1.32. The predicted molar refractivity (Wildman–Crippen MR) is 77.1 cm³/mol. The molecule has 1 aromatic heterocycles. The summed E-state index contributed by atoms with van der Waals surface area (Å²) < 4.78 is 38.5. The molecule has 2 atom stereocenters. The number of anilines is 1. The van der Waals surface area contributed by atoms with Gasteiger partial charge in [-0.3, -0.25) is 10.1 Å². The van der Waals surface area contributed by atoms with Gasteiger partial charge < -0.3 is 10.4 Å². The maximum atomic E-state index is 12.8. The molecule has 0 aliphatic heterocycles.